The van der Waals surface area contributed by atoms with E-state index in [1.165, 1.54) is 0 Å². The van der Waals surface area contributed by atoms with Gasteiger partial charge in [0.2, 0.25) is 0 Å². The van der Waals surface area contributed by atoms with E-state index in [0.717, 1.165) is 24.4 Å². The fourth-order valence-corrected chi connectivity index (χ4v) is 3.71. The zero-order valence-corrected chi connectivity index (χ0v) is 15.2. The van der Waals surface area contributed by atoms with Crippen LogP contribution in [0, 0.1) is 0 Å². The summed E-state index contributed by atoms with van der Waals surface area (Å²) in [6.07, 6.45) is 0.580. The van der Waals surface area contributed by atoms with Gasteiger partial charge < -0.3 is 25.3 Å². The standard InChI is InChI=1S/C19H23N5O3/c1-27-15-5-3-2-4-13(15)12-10-14-16(18(25)21-11-12)23-17(22-14)19(26)24-8-6-20-7-9-24/h2-5,12,20H,6-11H2,1H3,(H,21,25)(H,22,23)/t12-/m0/s1. The molecule has 4 rings (SSSR count). The smallest absolute Gasteiger partial charge is 0.289 e. The molecule has 0 saturated carbocycles. The second kappa shape index (κ2) is 7.40. The Balaban J connectivity index is 1.62. The van der Waals surface area contributed by atoms with E-state index < -0.39 is 0 Å². The first-order valence-electron chi connectivity index (χ1n) is 9.17. The lowest BCUT2D eigenvalue weighted by molar-refractivity contribution is 0.0724. The Morgan fingerprint density at radius 3 is 2.81 bits per heavy atom. The number of piperazine rings is 1. The van der Waals surface area contributed by atoms with Crippen LogP contribution < -0.4 is 15.4 Å². The number of aromatic nitrogens is 2. The first kappa shape index (κ1) is 17.5. The fourth-order valence-electron chi connectivity index (χ4n) is 3.71. The number of hydrogen-bond donors (Lipinski definition) is 3. The van der Waals surface area contributed by atoms with Crippen molar-refractivity contribution in [1.82, 2.24) is 25.5 Å². The van der Waals surface area contributed by atoms with Crippen LogP contribution in [0.2, 0.25) is 0 Å². The molecule has 142 valence electrons. The van der Waals surface area contributed by atoms with Crippen LogP contribution in [0.1, 0.15) is 38.3 Å². The number of imidazole rings is 1. The summed E-state index contributed by atoms with van der Waals surface area (Å²) in [5.41, 5.74) is 2.03. The van der Waals surface area contributed by atoms with E-state index in [1.807, 2.05) is 24.3 Å². The molecule has 27 heavy (non-hydrogen) atoms. The van der Waals surface area contributed by atoms with Crippen molar-refractivity contribution in [2.75, 3.05) is 39.8 Å². The molecule has 0 aliphatic carbocycles. The number of nitrogens with one attached hydrogen (secondary N) is 3. The number of ether oxygens (including phenoxy) is 1. The predicted molar refractivity (Wildman–Crippen MR) is 99.1 cm³/mol. The van der Waals surface area contributed by atoms with E-state index in [1.54, 1.807) is 12.0 Å². The summed E-state index contributed by atoms with van der Waals surface area (Å²) in [5.74, 6) is 0.646. The molecule has 0 spiro atoms. The Kier molecular flexibility index (Phi) is 4.81. The molecule has 1 aromatic heterocycles. The van der Waals surface area contributed by atoms with Crippen LogP contribution in [-0.2, 0) is 6.42 Å². The van der Waals surface area contributed by atoms with Gasteiger partial charge >= 0.3 is 0 Å². The Morgan fingerprint density at radius 2 is 2.04 bits per heavy atom. The highest BCUT2D eigenvalue weighted by Crippen LogP contribution is 2.30. The average Bonchev–Trinajstić information content (AvgIpc) is 3.08. The van der Waals surface area contributed by atoms with Crippen LogP contribution >= 0.6 is 0 Å². The lowest BCUT2D eigenvalue weighted by Gasteiger charge is -2.26. The van der Waals surface area contributed by atoms with Gasteiger partial charge in [-0.15, -0.1) is 0 Å². The highest BCUT2D eigenvalue weighted by atomic mass is 16.5. The number of para-hydroxylation sites is 1. The maximum atomic E-state index is 12.7. The molecule has 0 bridgehead atoms. The topological polar surface area (TPSA) is 99.3 Å². The molecule has 2 aromatic rings. The quantitative estimate of drug-likeness (QED) is 0.733. The number of hydrogen-bond acceptors (Lipinski definition) is 5. The third kappa shape index (κ3) is 3.40. The third-order valence-corrected chi connectivity index (χ3v) is 5.14. The molecule has 3 heterocycles. The number of methoxy groups -OCH3 is 1. The highest BCUT2D eigenvalue weighted by molar-refractivity contribution is 5.97. The molecule has 2 amide bonds. The summed E-state index contributed by atoms with van der Waals surface area (Å²) >= 11 is 0. The summed E-state index contributed by atoms with van der Waals surface area (Å²) in [6.45, 7) is 3.30. The Morgan fingerprint density at radius 1 is 1.26 bits per heavy atom. The van der Waals surface area contributed by atoms with Crippen molar-refractivity contribution >= 4 is 11.8 Å². The number of rotatable bonds is 3. The van der Waals surface area contributed by atoms with Crippen LogP contribution in [0.15, 0.2) is 24.3 Å². The third-order valence-electron chi connectivity index (χ3n) is 5.14. The SMILES string of the molecule is COc1ccccc1[C@@H]1CNC(=O)c2nc(C(=O)N3CCNCC3)[nH]c2C1. The van der Waals surface area contributed by atoms with E-state index in [4.69, 9.17) is 4.74 Å². The molecule has 1 saturated heterocycles. The Labute approximate surface area is 157 Å². The number of carbonyl (C=O) groups is 2. The first-order chi connectivity index (χ1) is 13.2. The maximum absolute atomic E-state index is 12.7. The van der Waals surface area contributed by atoms with Crippen LogP contribution in [0.5, 0.6) is 5.75 Å². The predicted octanol–water partition coefficient (Wildman–Crippen LogP) is 0.533. The zero-order chi connectivity index (χ0) is 18.8. The minimum Gasteiger partial charge on any atom is -0.496 e. The normalized spacial score (nSPS) is 19.8. The van der Waals surface area contributed by atoms with Crippen molar-refractivity contribution in [2.45, 2.75) is 12.3 Å². The van der Waals surface area contributed by atoms with Gasteiger partial charge in [0.15, 0.2) is 5.82 Å². The van der Waals surface area contributed by atoms with Crippen LogP contribution in [0.3, 0.4) is 0 Å². The lowest BCUT2D eigenvalue weighted by atomic mass is 9.93. The molecule has 0 unspecified atom stereocenters. The summed E-state index contributed by atoms with van der Waals surface area (Å²) in [4.78, 5) is 34.4. The summed E-state index contributed by atoms with van der Waals surface area (Å²) in [5, 5.41) is 6.14. The molecule has 1 atom stereocenters. The molecule has 8 nitrogen and oxygen atoms in total. The summed E-state index contributed by atoms with van der Waals surface area (Å²) in [6, 6.07) is 7.79. The second-order valence-corrected chi connectivity index (χ2v) is 6.81. The lowest BCUT2D eigenvalue weighted by Crippen LogP contribution is -2.46. The maximum Gasteiger partial charge on any atom is 0.289 e. The van der Waals surface area contributed by atoms with Crippen molar-refractivity contribution in [3.05, 3.63) is 47.0 Å². The highest BCUT2D eigenvalue weighted by Gasteiger charge is 2.30. The molecule has 8 heteroatoms. The minimum absolute atomic E-state index is 0.0361. The monoisotopic (exact) mass is 369 g/mol. The Hall–Kier alpha value is -2.87. The minimum atomic E-state index is -0.252. The van der Waals surface area contributed by atoms with Gasteiger partial charge in [0.25, 0.3) is 11.8 Å². The number of amides is 2. The summed E-state index contributed by atoms with van der Waals surface area (Å²) < 4.78 is 5.47. The van der Waals surface area contributed by atoms with Gasteiger partial charge in [0.1, 0.15) is 11.4 Å². The van der Waals surface area contributed by atoms with E-state index >= 15 is 0 Å². The van der Waals surface area contributed by atoms with Gasteiger partial charge in [-0.2, -0.15) is 0 Å². The number of H-pyrrole nitrogens is 1. The summed E-state index contributed by atoms with van der Waals surface area (Å²) in [7, 11) is 1.64. The first-order valence-corrected chi connectivity index (χ1v) is 9.17. The molecule has 3 N–H and O–H groups in total. The molecule has 2 aliphatic heterocycles. The largest absolute Gasteiger partial charge is 0.496 e. The van der Waals surface area contributed by atoms with Gasteiger partial charge in [-0.05, 0) is 18.1 Å². The van der Waals surface area contributed by atoms with E-state index in [-0.39, 0.29) is 23.6 Å². The molecule has 0 radical (unpaired) electrons. The number of aromatic amines is 1. The number of benzene rings is 1. The zero-order valence-electron chi connectivity index (χ0n) is 15.2. The van der Waals surface area contributed by atoms with Crippen molar-refractivity contribution in [3.63, 3.8) is 0 Å². The molecule has 1 aromatic carbocycles. The number of nitrogens with zero attached hydrogens (tertiary/aromatic N) is 2. The van der Waals surface area contributed by atoms with Crippen molar-refractivity contribution in [2.24, 2.45) is 0 Å². The molecule has 2 aliphatic rings. The van der Waals surface area contributed by atoms with Gasteiger partial charge in [0.05, 0.1) is 7.11 Å². The fraction of sp³-hybridized carbons (Fsp3) is 0.421. The van der Waals surface area contributed by atoms with Crippen LogP contribution in [-0.4, -0.2) is 66.5 Å². The van der Waals surface area contributed by atoms with Gasteiger partial charge in [-0.1, -0.05) is 18.2 Å². The molecular weight excluding hydrogens is 346 g/mol. The van der Waals surface area contributed by atoms with Gasteiger partial charge in [-0.25, -0.2) is 4.98 Å². The van der Waals surface area contributed by atoms with Crippen molar-refractivity contribution in [1.29, 1.82) is 0 Å². The average molecular weight is 369 g/mol. The van der Waals surface area contributed by atoms with Crippen molar-refractivity contribution in [3.8, 4) is 5.75 Å². The van der Waals surface area contributed by atoms with Gasteiger partial charge in [0, 0.05) is 44.3 Å². The molecule has 1 fully saturated rings. The Bertz CT molecular complexity index is 857. The van der Waals surface area contributed by atoms with Crippen molar-refractivity contribution < 1.29 is 14.3 Å². The second-order valence-electron chi connectivity index (χ2n) is 6.81. The van der Waals surface area contributed by atoms with Crippen LogP contribution in [0.4, 0.5) is 0 Å². The number of carbonyl (C=O) groups excluding carboxylic acids is 2. The molecular formula is C19H23N5O3. The van der Waals surface area contributed by atoms with E-state index in [2.05, 4.69) is 20.6 Å². The number of fused-ring (bicyclic) bond motifs is 1. The van der Waals surface area contributed by atoms with E-state index in [9.17, 15) is 9.59 Å². The van der Waals surface area contributed by atoms with Crippen LogP contribution in [0.25, 0.3) is 0 Å². The van der Waals surface area contributed by atoms with Gasteiger partial charge in [-0.3, -0.25) is 9.59 Å². The van der Waals surface area contributed by atoms with E-state index in [0.29, 0.717) is 37.4 Å².